The minimum Gasteiger partial charge on any atom is -0.506 e. The largest absolute Gasteiger partial charge is 0.506 e. The Kier molecular flexibility index (Phi) is 5.42. The first-order valence-electron chi connectivity index (χ1n) is 8.61. The molecular formula is C22H16I2N2O2. The van der Waals surface area contributed by atoms with Gasteiger partial charge in [-0.3, -0.25) is 4.99 Å². The minimum absolute atomic E-state index is 0.240. The molecule has 28 heavy (non-hydrogen) atoms. The summed E-state index contributed by atoms with van der Waals surface area (Å²) >= 11 is 4.34. The molecule has 1 N–H and O–H groups in total. The van der Waals surface area contributed by atoms with Gasteiger partial charge in [-0.05, 0) is 113 Å². The Labute approximate surface area is 190 Å². The van der Waals surface area contributed by atoms with Crippen molar-refractivity contribution in [3.63, 3.8) is 0 Å². The third-order valence-corrected chi connectivity index (χ3v) is 5.98. The van der Waals surface area contributed by atoms with E-state index in [0.717, 1.165) is 29.5 Å². The van der Waals surface area contributed by atoms with Crippen molar-refractivity contribution < 1.29 is 9.52 Å². The van der Waals surface area contributed by atoms with Crippen LogP contribution >= 0.6 is 45.2 Å². The van der Waals surface area contributed by atoms with Crippen molar-refractivity contribution in [2.45, 2.75) is 13.8 Å². The number of aromatic hydroxyl groups is 1. The van der Waals surface area contributed by atoms with E-state index in [1.54, 1.807) is 6.21 Å². The summed E-state index contributed by atoms with van der Waals surface area (Å²) in [5.41, 5.74) is 6.32. The molecule has 0 atom stereocenters. The molecule has 0 radical (unpaired) electrons. The van der Waals surface area contributed by atoms with E-state index < -0.39 is 0 Å². The van der Waals surface area contributed by atoms with Gasteiger partial charge < -0.3 is 9.52 Å². The molecule has 0 unspecified atom stereocenters. The molecule has 0 aliphatic rings. The van der Waals surface area contributed by atoms with Gasteiger partial charge in [-0.2, -0.15) is 0 Å². The molecule has 4 rings (SSSR count). The first-order valence-corrected chi connectivity index (χ1v) is 10.8. The number of oxazole rings is 1. The number of benzene rings is 3. The molecular weight excluding hydrogens is 578 g/mol. The zero-order valence-electron chi connectivity index (χ0n) is 15.2. The predicted octanol–water partition coefficient (Wildman–Crippen LogP) is 6.78. The molecule has 1 heterocycles. The first kappa shape index (κ1) is 19.4. The third kappa shape index (κ3) is 3.93. The fourth-order valence-corrected chi connectivity index (χ4v) is 4.71. The molecule has 0 spiro atoms. The number of aromatic nitrogens is 1. The number of aryl methyl sites for hydroxylation is 2. The maximum atomic E-state index is 10.2. The second-order valence-electron chi connectivity index (χ2n) is 6.55. The Morgan fingerprint density at radius 1 is 1.00 bits per heavy atom. The number of rotatable bonds is 3. The van der Waals surface area contributed by atoms with Gasteiger partial charge in [0.05, 0.1) is 9.26 Å². The fourth-order valence-electron chi connectivity index (χ4n) is 2.82. The SMILES string of the molecule is Cc1ccc(-c2nc3cc(N=Cc4cc(I)cc(I)c4O)ccc3o2)cc1C. The third-order valence-electron chi connectivity index (χ3n) is 4.54. The maximum absolute atomic E-state index is 10.2. The van der Waals surface area contributed by atoms with E-state index in [1.807, 2.05) is 36.4 Å². The van der Waals surface area contributed by atoms with Crippen LogP contribution in [0, 0.1) is 21.0 Å². The number of phenolic OH excluding ortho intramolecular Hbond substituents is 1. The van der Waals surface area contributed by atoms with Crippen molar-refractivity contribution in [3.8, 4) is 17.2 Å². The molecule has 0 amide bonds. The van der Waals surface area contributed by atoms with Crippen molar-refractivity contribution >= 4 is 68.2 Å². The Morgan fingerprint density at radius 3 is 2.61 bits per heavy atom. The average molecular weight is 594 g/mol. The van der Waals surface area contributed by atoms with Crippen molar-refractivity contribution in [2.75, 3.05) is 0 Å². The number of nitrogens with zero attached hydrogens (tertiary/aromatic N) is 2. The molecule has 0 aliphatic carbocycles. The van der Waals surface area contributed by atoms with Crippen LogP contribution in [0.4, 0.5) is 5.69 Å². The summed E-state index contributed by atoms with van der Waals surface area (Å²) in [5.74, 6) is 0.841. The van der Waals surface area contributed by atoms with Gasteiger partial charge in [-0.15, -0.1) is 0 Å². The van der Waals surface area contributed by atoms with Crippen LogP contribution in [0.15, 0.2) is 57.9 Å². The summed E-state index contributed by atoms with van der Waals surface area (Å²) < 4.78 is 7.76. The van der Waals surface area contributed by atoms with Gasteiger partial charge in [-0.1, -0.05) is 6.07 Å². The lowest BCUT2D eigenvalue weighted by atomic mass is 10.1. The van der Waals surface area contributed by atoms with Crippen LogP contribution in [-0.2, 0) is 0 Å². The van der Waals surface area contributed by atoms with E-state index >= 15 is 0 Å². The highest BCUT2D eigenvalue weighted by molar-refractivity contribution is 14.1. The number of fused-ring (bicyclic) bond motifs is 1. The molecule has 0 saturated heterocycles. The van der Waals surface area contributed by atoms with Crippen molar-refractivity contribution in [3.05, 3.63) is 72.4 Å². The Balaban J connectivity index is 1.68. The summed E-state index contributed by atoms with van der Waals surface area (Å²) in [4.78, 5) is 9.13. The molecule has 0 fully saturated rings. The van der Waals surface area contributed by atoms with Crippen molar-refractivity contribution in [1.82, 2.24) is 4.98 Å². The topological polar surface area (TPSA) is 58.6 Å². The van der Waals surface area contributed by atoms with E-state index in [1.165, 1.54) is 11.1 Å². The Morgan fingerprint density at radius 2 is 1.82 bits per heavy atom. The molecule has 6 heteroatoms. The second kappa shape index (κ2) is 7.82. The van der Waals surface area contributed by atoms with Crippen molar-refractivity contribution in [1.29, 1.82) is 0 Å². The average Bonchev–Trinajstić information content (AvgIpc) is 3.09. The summed E-state index contributed by atoms with van der Waals surface area (Å²) in [6.45, 7) is 4.16. The van der Waals surface area contributed by atoms with E-state index in [9.17, 15) is 5.11 Å². The van der Waals surface area contributed by atoms with Gasteiger partial charge in [0.25, 0.3) is 0 Å². The number of hydrogen-bond acceptors (Lipinski definition) is 4. The van der Waals surface area contributed by atoms with Crippen LogP contribution in [0.3, 0.4) is 0 Å². The number of halogens is 2. The molecule has 0 aliphatic heterocycles. The minimum atomic E-state index is 0.240. The summed E-state index contributed by atoms with van der Waals surface area (Å²) in [5, 5.41) is 10.2. The van der Waals surface area contributed by atoms with Crippen LogP contribution < -0.4 is 0 Å². The van der Waals surface area contributed by atoms with Crippen LogP contribution in [0.1, 0.15) is 16.7 Å². The van der Waals surface area contributed by atoms with Crippen LogP contribution in [-0.4, -0.2) is 16.3 Å². The quantitative estimate of drug-likeness (QED) is 0.210. The normalized spacial score (nSPS) is 11.6. The molecule has 0 saturated carbocycles. The molecule has 140 valence electrons. The van der Waals surface area contributed by atoms with Gasteiger partial charge in [0, 0.05) is 20.9 Å². The zero-order chi connectivity index (χ0) is 19.8. The highest BCUT2D eigenvalue weighted by Crippen LogP contribution is 2.29. The van der Waals surface area contributed by atoms with Crippen LogP contribution in [0.5, 0.6) is 5.75 Å². The summed E-state index contributed by atoms with van der Waals surface area (Å²) in [6, 6.07) is 15.6. The van der Waals surface area contributed by atoms with Gasteiger partial charge in [-0.25, -0.2) is 4.98 Å². The highest BCUT2D eigenvalue weighted by Gasteiger charge is 2.10. The second-order valence-corrected chi connectivity index (χ2v) is 8.96. The van der Waals surface area contributed by atoms with Crippen LogP contribution in [0.2, 0.25) is 0 Å². The van der Waals surface area contributed by atoms with Crippen molar-refractivity contribution in [2.24, 2.45) is 4.99 Å². The Bertz CT molecular complexity index is 1230. The zero-order valence-corrected chi connectivity index (χ0v) is 19.5. The summed E-state index contributed by atoms with van der Waals surface area (Å²) in [7, 11) is 0. The molecule has 4 aromatic rings. The van der Waals surface area contributed by atoms with E-state index in [0.29, 0.717) is 11.5 Å². The molecule has 1 aromatic heterocycles. The first-order chi connectivity index (χ1) is 13.4. The monoisotopic (exact) mass is 594 g/mol. The smallest absolute Gasteiger partial charge is 0.227 e. The molecule has 0 bridgehead atoms. The van der Waals surface area contributed by atoms with E-state index in [2.05, 4.69) is 81.1 Å². The maximum Gasteiger partial charge on any atom is 0.227 e. The van der Waals surface area contributed by atoms with Gasteiger partial charge in [0.2, 0.25) is 5.89 Å². The lowest BCUT2D eigenvalue weighted by molar-refractivity contribution is 0.470. The van der Waals surface area contributed by atoms with E-state index in [-0.39, 0.29) is 5.75 Å². The summed E-state index contributed by atoms with van der Waals surface area (Å²) in [6.07, 6.45) is 1.67. The van der Waals surface area contributed by atoms with Gasteiger partial charge >= 0.3 is 0 Å². The Hall–Kier alpha value is -1.94. The highest BCUT2D eigenvalue weighted by atomic mass is 127. The molecule has 3 aromatic carbocycles. The van der Waals surface area contributed by atoms with E-state index in [4.69, 9.17) is 4.42 Å². The lowest BCUT2D eigenvalue weighted by Crippen LogP contribution is -1.87. The predicted molar refractivity (Wildman–Crippen MR) is 130 cm³/mol. The standard InChI is InChI=1S/C22H16I2N2O2/c1-12-3-4-14(7-13(12)2)22-26-19-10-17(5-6-20(19)28-22)25-11-15-8-16(23)9-18(24)21(15)27/h3-11,27H,1-2H3. The van der Waals surface area contributed by atoms with Gasteiger partial charge in [0.15, 0.2) is 5.58 Å². The lowest BCUT2D eigenvalue weighted by Gasteiger charge is -2.02. The molecule has 4 nitrogen and oxygen atoms in total. The number of phenols is 1. The van der Waals surface area contributed by atoms with Crippen LogP contribution in [0.25, 0.3) is 22.6 Å². The fraction of sp³-hybridized carbons (Fsp3) is 0.0909. The number of aliphatic imine (C=N–C) groups is 1. The van der Waals surface area contributed by atoms with Gasteiger partial charge in [0.1, 0.15) is 11.3 Å². The number of hydrogen-bond donors (Lipinski definition) is 1.